The molecule has 0 spiro atoms. The van der Waals surface area contributed by atoms with Gasteiger partial charge in [-0.2, -0.15) is 0 Å². The van der Waals surface area contributed by atoms with Gasteiger partial charge in [0.05, 0.1) is 0 Å². The van der Waals surface area contributed by atoms with Crippen molar-refractivity contribution in [3.8, 4) is 0 Å². The minimum absolute atomic E-state index is 1.00. The third-order valence-corrected chi connectivity index (χ3v) is 2.63. The minimum Gasteiger partial charge on any atom is -0.0853 e. The van der Waals surface area contributed by atoms with Crippen molar-refractivity contribution >= 4 is 0 Å². The predicted molar refractivity (Wildman–Crippen MR) is 50.6 cm³/mol. The zero-order chi connectivity index (χ0) is 8.10. The Hall–Kier alpha value is -0.260. The minimum atomic E-state index is 1.00. The molecule has 0 amide bonds. The van der Waals surface area contributed by atoms with Gasteiger partial charge in [-0.3, -0.25) is 0 Å². The molecule has 0 radical (unpaired) electrons. The second-order valence-corrected chi connectivity index (χ2v) is 3.85. The van der Waals surface area contributed by atoms with E-state index < -0.39 is 0 Å². The first-order valence-corrected chi connectivity index (χ1v) is 4.98. The van der Waals surface area contributed by atoms with Crippen molar-refractivity contribution in [2.45, 2.75) is 52.4 Å². The lowest BCUT2D eigenvalue weighted by atomic mass is 9.98. The molecule has 0 N–H and O–H groups in total. The van der Waals surface area contributed by atoms with E-state index in [4.69, 9.17) is 0 Å². The summed E-state index contributed by atoms with van der Waals surface area (Å²) in [6.07, 6.45) is 10.8. The van der Waals surface area contributed by atoms with E-state index in [1.54, 1.807) is 5.57 Å². The van der Waals surface area contributed by atoms with Crippen LogP contribution < -0.4 is 0 Å². The highest BCUT2D eigenvalue weighted by molar-refractivity contribution is 5.06. The smallest absolute Gasteiger partial charge is 0.0292 e. The van der Waals surface area contributed by atoms with Gasteiger partial charge in [-0.05, 0) is 32.1 Å². The van der Waals surface area contributed by atoms with Crippen LogP contribution in [-0.2, 0) is 0 Å². The van der Waals surface area contributed by atoms with Crippen molar-refractivity contribution in [2.75, 3.05) is 0 Å². The largest absolute Gasteiger partial charge is 0.0853 e. The summed E-state index contributed by atoms with van der Waals surface area (Å²) in [6, 6.07) is 0. The summed E-state index contributed by atoms with van der Waals surface area (Å²) in [7, 11) is 0. The molecule has 0 heteroatoms. The van der Waals surface area contributed by atoms with Gasteiger partial charge in [-0.1, -0.05) is 37.8 Å². The molecule has 0 bridgehead atoms. The van der Waals surface area contributed by atoms with E-state index in [0.717, 1.165) is 5.92 Å². The molecule has 0 fully saturated rings. The average molecular weight is 152 g/mol. The van der Waals surface area contributed by atoms with Crippen LogP contribution >= 0.6 is 0 Å². The van der Waals surface area contributed by atoms with E-state index in [-0.39, 0.29) is 0 Å². The summed E-state index contributed by atoms with van der Waals surface area (Å²) in [5, 5.41) is 0. The van der Waals surface area contributed by atoms with Gasteiger partial charge in [-0.15, -0.1) is 0 Å². The Balaban J connectivity index is 2.02. The maximum atomic E-state index is 2.41. The Morgan fingerprint density at radius 1 is 1.45 bits per heavy atom. The van der Waals surface area contributed by atoms with Gasteiger partial charge in [0.1, 0.15) is 0 Å². The summed E-state index contributed by atoms with van der Waals surface area (Å²) in [5.41, 5.74) is 1.62. The monoisotopic (exact) mass is 152 g/mol. The molecule has 1 unspecified atom stereocenters. The highest BCUT2D eigenvalue weighted by atomic mass is 14.2. The summed E-state index contributed by atoms with van der Waals surface area (Å²) in [4.78, 5) is 0. The van der Waals surface area contributed by atoms with E-state index in [9.17, 15) is 0 Å². The second kappa shape index (κ2) is 4.58. The molecule has 0 aromatic carbocycles. The van der Waals surface area contributed by atoms with Crippen LogP contribution in [-0.4, -0.2) is 0 Å². The molecule has 0 saturated carbocycles. The number of allylic oxidation sites excluding steroid dienone is 2. The Bertz CT molecular complexity index is 133. The molecule has 1 aliphatic carbocycles. The molecule has 11 heavy (non-hydrogen) atoms. The van der Waals surface area contributed by atoms with Crippen LogP contribution in [0.4, 0.5) is 0 Å². The zero-order valence-electron chi connectivity index (χ0n) is 7.90. The molecular weight excluding hydrogens is 132 g/mol. The van der Waals surface area contributed by atoms with Gasteiger partial charge in [0, 0.05) is 0 Å². The Labute approximate surface area is 70.7 Å². The van der Waals surface area contributed by atoms with Crippen molar-refractivity contribution in [3.63, 3.8) is 0 Å². The molecule has 0 aromatic rings. The van der Waals surface area contributed by atoms with Crippen LogP contribution in [0.1, 0.15) is 52.4 Å². The first-order valence-electron chi connectivity index (χ1n) is 4.98. The number of unbranched alkanes of at least 4 members (excludes halogenated alkanes) is 2. The maximum absolute atomic E-state index is 2.41. The summed E-state index contributed by atoms with van der Waals surface area (Å²) in [6.45, 7) is 4.54. The first-order chi connectivity index (χ1) is 5.33. The van der Waals surface area contributed by atoms with Gasteiger partial charge >= 0.3 is 0 Å². The fraction of sp³-hybridized carbons (Fsp3) is 0.818. The summed E-state index contributed by atoms with van der Waals surface area (Å²) in [5.74, 6) is 1.00. The first kappa shape index (κ1) is 8.83. The molecule has 0 nitrogen and oxygen atoms in total. The lowest BCUT2D eigenvalue weighted by Gasteiger charge is -2.07. The average Bonchev–Trinajstić information content (AvgIpc) is 2.37. The van der Waals surface area contributed by atoms with Crippen LogP contribution in [0.2, 0.25) is 0 Å². The summed E-state index contributed by atoms with van der Waals surface area (Å²) >= 11 is 0. The third-order valence-electron chi connectivity index (χ3n) is 2.63. The summed E-state index contributed by atoms with van der Waals surface area (Å²) < 4.78 is 0. The highest BCUT2D eigenvalue weighted by Crippen LogP contribution is 2.28. The van der Waals surface area contributed by atoms with Crippen LogP contribution in [0.25, 0.3) is 0 Å². The van der Waals surface area contributed by atoms with E-state index >= 15 is 0 Å². The highest BCUT2D eigenvalue weighted by Gasteiger charge is 2.12. The topological polar surface area (TPSA) is 0 Å². The van der Waals surface area contributed by atoms with Crippen molar-refractivity contribution in [1.82, 2.24) is 0 Å². The molecule has 1 atom stereocenters. The van der Waals surface area contributed by atoms with Crippen molar-refractivity contribution in [3.05, 3.63) is 11.6 Å². The molecule has 1 aliphatic rings. The van der Waals surface area contributed by atoms with E-state index in [1.165, 1.54) is 38.5 Å². The SMILES string of the molecule is CCCCCC1CC=C(C)C1. The fourth-order valence-electron chi connectivity index (χ4n) is 1.89. The van der Waals surface area contributed by atoms with Gasteiger partial charge < -0.3 is 0 Å². The second-order valence-electron chi connectivity index (χ2n) is 3.85. The zero-order valence-corrected chi connectivity index (χ0v) is 7.90. The van der Waals surface area contributed by atoms with E-state index in [0.29, 0.717) is 0 Å². The molecule has 0 aromatic heterocycles. The van der Waals surface area contributed by atoms with E-state index in [1.807, 2.05) is 0 Å². The van der Waals surface area contributed by atoms with Crippen LogP contribution in [0.5, 0.6) is 0 Å². The quantitative estimate of drug-likeness (QED) is 0.423. The van der Waals surface area contributed by atoms with Gasteiger partial charge in [0.15, 0.2) is 0 Å². The van der Waals surface area contributed by atoms with Crippen molar-refractivity contribution < 1.29 is 0 Å². The Morgan fingerprint density at radius 3 is 2.82 bits per heavy atom. The standard InChI is InChI=1S/C11H20/c1-3-4-5-6-11-8-7-10(2)9-11/h7,11H,3-6,8-9H2,1-2H3. The fourth-order valence-corrected chi connectivity index (χ4v) is 1.89. The van der Waals surface area contributed by atoms with Crippen molar-refractivity contribution in [2.24, 2.45) is 5.92 Å². The lowest BCUT2D eigenvalue weighted by Crippen LogP contribution is -1.93. The van der Waals surface area contributed by atoms with Crippen molar-refractivity contribution in [1.29, 1.82) is 0 Å². The predicted octanol–water partition coefficient (Wildman–Crippen LogP) is 3.92. The number of hydrogen-bond donors (Lipinski definition) is 0. The Morgan fingerprint density at radius 2 is 2.27 bits per heavy atom. The van der Waals surface area contributed by atoms with Crippen LogP contribution in [0.3, 0.4) is 0 Å². The van der Waals surface area contributed by atoms with Gasteiger partial charge in [-0.25, -0.2) is 0 Å². The number of rotatable bonds is 4. The van der Waals surface area contributed by atoms with Gasteiger partial charge in [0.2, 0.25) is 0 Å². The van der Waals surface area contributed by atoms with Crippen LogP contribution in [0.15, 0.2) is 11.6 Å². The molecule has 1 rings (SSSR count). The maximum Gasteiger partial charge on any atom is -0.0292 e. The van der Waals surface area contributed by atoms with Gasteiger partial charge in [0.25, 0.3) is 0 Å². The van der Waals surface area contributed by atoms with Crippen LogP contribution in [0, 0.1) is 5.92 Å². The normalized spacial score (nSPS) is 23.8. The Kier molecular flexibility index (Phi) is 3.68. The van der Waals surface area contributed by atoms with E-state index in [2.05, 4.69) is 19.9 Å². The number of hydrogen-bond acceptors (Lipinski definition) is 0. The molecule has 64 valence electrons. The molecule has 0 heterocycles. The molecular formula is C11H20. The molecule has 0 aliphatic heterocycles. The molecule has 0 saturated heterocycles. The third kappa shape index (κ3) is 3.09. The lowest BCUT2D eigenvalue weighted by molar-refractivity contribution is 0.481.